The molecule has 0 unspecified atom stereocenters. The molecule has 0 spiro atoms. The Bertz CT molecular complexity index is 298. The van der Waals surface area contributed by atoms with Crippen LogP contribution in [-0.2, 0) is 4.74 Å². The van der Waals surface area contributed by atoms with Crippen LogP contribution in [0.1, 0.15) is 51.4 Å². The third-order valence-electron chi connectivity index (χ3n) is 3.23. The number of hydrogen-bond acceptors (Lipinski definition) is 2. The largest absolute Gasteiger partial charge is 0.494 e. The molecular weight excluding hydrogens is 248 g/mol. The lowest BCUT2D eigenvalue weighted by Gasteiger charge is -2.06. The highest BCUT2D eigenvalue weighted by Crippen LogP contribution is 2.09. The zero-order chi connectivity index (χ0) is 14.3. The van der Waals surface area contributed by atoms with E-state index in [-0.39, 0.29) is 0 Å². The number of benzene rings is 1. The summed E-state index contributed by atoms with van der Waals surface area (Å²) in [6.45, 7) is 6.39. The fourth-order valence-electron chi connectivity index (χ4n) is 2.03. The summed E-state index contributed by atoms with van der Waals surface area (Å²) < 4.78 is 11.3. The topological polar surface area (TPSA) is 18.5 Å². The van der Waals surface area contributed by atoms with Crippen LogP contribution in [0.4, 0.5) is 0 Å². The fourth-order valence-corrected chi connectivity index (χ4v) is 2.03. The lowest BCUT2D eigenvalue weighted by molar-refractivity contribution is 0.122. The van der Waals surface area contributed by atoms with Gasteiger partial charge in [0, 0.05) is 13.2 Å². The van der Waals surface area contributed by atoms with Crippen molar-refractivity contribution in [3.05, 3.63) is 37.3 Å². The van der Waals surface area contributed by atoms with Crippen molar-refractivity contribution in [2.45, 2.75) is 51.4 Å². The van der Waals surface area contributed by atoms with Crippen LogP contribution in [0.2, 0.25) is 0 Å². The number of hydrogen-bond donors (Lipinski definition) is 0. The van der Waals surface area contributed by atoms with Gasteiger partial charge in [-0.3, -0.25) is 0 Å². The summed E-state index contributed by atoms with van der Waals surface area (Å²) in [5.41, 5.74) is 0. The first kappa shape index (κ1) is 17.0. The molecule has 0 aliphatic heterocycles. The van der Waals surface area contributed by atoms with Crippen LogP contribution >= 0.6 is 0 Å². The minimum Gasteiger partial charge on any atom is -0.494 e. The molecule has 0 aromatic heterocycles. The Kier molecular flexibility index (Phi) is 11.1. The summed E-state index contributed by atoms with van der Waals surface area (Å²) in [6, 6.07) is 9.97. The minimum atomic E-state index is 0.776. The summed E-state index contributed by atoms with van der Waals surface area (Å²) in [4.78, 5) is 0. The second-order valence-electron chi connectivity index (χ2n) is 5.10. The molecule has 0 heterocycles. The number of ether oxygens (including phenoxy) is 2. The zero-order valence-electron chi connectivity index (χ0n) is 12.7. The highest BCUT2D eigenvalue weighted by molar-refractivity contribution is 5.20. The van der Waals surface area contributed by atoms with Crippen LogP contribution < -0.4 is 4.74 Å². The average molecular weight is 277 g/mol. The highest BCUT2D eigenvalue weighted by Gasteiger charge is 1.94. The molecule has 0 saturated carbocycles. The number of unbranched alkanes of at least 4 members (excludes halogenated alkanes) is 6. The maximum Gasteiger partial charge on any atom is 0.119 e. The number of rotatable bonds is 13. The van der Waals surface area contributed by atoms with Crippen LogP contribution in [0.3, 0.4) is 0 Å². The summed E-state index contributed by atoms with van der Waals surface area (Å²) in [5.74, 6) is 0.954. The Balaban J connectivity index is 1.77. The second-order valence-corrected chi connectivity index (χ2v) is 5.10. The van der Waals surface area contributed by atoms with E-state index < -0.39 is 0 Å². The highest BCUT2D eigenvalue weighted by atomic mass is 16.5. The lowest BCUT2D eigenvalue weighted by atomic mass is 10.1. The van der Waals surface area contributed by atoms with E-state index in [2.05, 4.69) is 6.92 Å². The molecule has 0 bridgehead atoms. The van der Waals surface area contributed by atoms with Gasteiger partial charge in [0.1, 0.15) is 5.75 Å². The molecule has 113 valence electrons. The summed E-state index contributed by atoms with van der Waals surface area (Å²) in [7, 11) is 0. The van der Waals surface area contributed by atoms with Gasteiger partial charge in [-0.2, -0.15) is 0 Å². The summed E-state index contributed by atoms with van der Waals surface area (Å²) in [5, 5.41) is 0. The minimum absolute atomic E-state index is 0.776. The predicted octanol–water partition coefficient (Wildman–Crippen LogP) is 5.04. The molecule has 1 rings (SSSR count). The Morgan fingerprint density at radius 2 is 1.30 bits per heavy atom. The van der Waals surface area contributed by atoms with Gasteiger partial charge in [-0.15, -0.1) is 0 Å². The Labute approximate surface area is 124 Å². The molecule has 0 fully saturated rings. The van der Waals surface area contributed by atoms with E-state index in [1.807, 2.05) is 30.3 Å². The van der Waals surface area contributed by atoms with Crippen LogP contribution in [0, 0.1) is 6.92 Å². The first-order valence-electron chi connectivity index (χ1n) is 7.98. The van der Waals surface area contributed by atoms with Crippen molar-refractivity contribution < 1.29 is 9.47 Å². The Morgan fingerprint density at radius 1 is 0.700 bits per heavy atom. The van der Waals surface area contributed by atoms with Crippen molar-refractivity contribution in [3.8, 4) is 5.75 Å². The maximum absolute atomic E-state index is 5.63. The molecule has 1 aromatic rings. The van der Waals surface area contributed by atoms with E-state index in [1.54, 1.807) is 0 Å². The molecule has 0 amide bonds. The molecule has 2 heteroatoms. The van der Waals surface area contributed by atoms with Gasteiger partial charge < -0.3 is 9.47 Å². The maximum atomic E-state index is 5.63. The van der Waals surface area contributed by atoms with E-state index in [9.17, 15) is 0 Å². The molecule has 1 radical (unpaired) electrons. The molecule has 20 heavy (non-hydrogen) atoms. The van der Waals surface area contributed by atoms with Crippen LogP contribution in [0.25, 0.3) is 0 Å². The first-order valence-corrected chi connectivity index (χ1v) is 7.98. The van der Waals surface area contributed by atoms with E-state index in [4.69, 9.17) is 9.47 Å². The van der Waals surface area contributed by atoms with E-state index in [1.165, 1.54) is 32.1 Å². The van der Waals surface area contributed by atoms with Crippen molar-refractivity contribution in [2.75, 3.05) is 19.8 Å². The van der Waals surface area contributed by atoms with Crippen molar-refractivity contribution in [2.24, 2.45) is 0 Å². The summed E-state index contributed by atoms with van der Waals surface area (Å²) >= 11 is 0. The Morgan fingerprint density at radius 3 is 2.05 bits per heavy atom. The van der Waals surface area contributed by atoms with Gasteiger partial charge >= 0.3 is 0 Å². The van der Waals surface area contributed by atoms with Gasteiger partial charge in [-0.05, 0) is 31.4 Å². The van der Waals surface area contributed by atoms with Crippen LogP contribution in [0.15, 0.2) is 30.3 Å². The molecule has 0 atom stereocenters. The zero-order valence-corrected chi connectivity index (χ0v) is 12.7. The monoisotopic (exact) mass is 277 g/mol. The van der Waals surface area contributed by atoms with Crippen molar-refractivity contribution in [3.63, 3.8) is 0 Å². The van der Waals surface area contributed by atoms with Gasteiger partial charge in [0.15, 0.2) is 0 Å². The van der Waals surface area contributed by atoms with E-state index in [0.717, 1.165) is 44.8 Å². The lowest BCUT2D eigenvalue weighted by Crippen LogP contribution is -2.01. The van der Waals surface area contributed by atoms with Crippen molar-refractivity contribution in [1.82, 2.24) is 0 Å². The molecule has 0 aliphatic carbocycles. The molecule has 0 N–H and O–H groups in total. The van der Waals surface area contributed by atoms with Gasteiger partial charge in [0.05, 0.1) is 6.61 Å². The standard InChI is InChI=1S/C18H29O2/c1-2-3-4-5-6-10-15-19-16-11-12-17-20-18-13-8-7-9-14-18/h7-9,13-14H,1-6,10-12,15-17H2. The van der Waals surface area contributed by atoms with Gasteiger partial charge in [0.25, 0.3) is 0 Å². The average Bonchev–Trinajstić information content (AvgIpc) is 2.49. The van der Waals surface area contributed by atoms with E-state index in [0.29, 0.717) is 0 Å². The quantitative estimate of drug-likeness (QED) is 0.470. The molecule has 1 aromatic carbocycles. The first-order chi connectivity index (χ1) is 9.93. The van der Waals surface area contributed by atoms with Gasteiger partial charge in [0.2, 0.25) is 0 Å². The fraction of sp³-hybridized carbons (Fsp3) is 0.611. The van der Waals surface area contributed by atoms with Gasteiger partial charge in [-0.25, -0.2) is 0 Å². The molecular formula is C18H29O2. The Hall–Kier alpha value is -1.02. The van der Waals surface area contributed by atoms with Crippen molar-refractivity contribution >= 4 is 0 Å². The van der Waals surface area contributed by atoms with Crippen molar-refractivity contribution in [1.29, 1.82) is 0 Å². The molecule has 0 saturated heterocycles. The molecule has 2 nitrogen and oxygen atoms in total. The normalized spacial score (nSPS) is 10.7. The predicted molar refractivity (Wildman–Crippen MR) is 85.0 cm³/mol. The van der Waals surface area contributed by atoms with Gasteiger partial charge in [-0.1, -0.05) is 57.2 Å². The van der Waals surface area contributed by atoms with Crippen LogP contribution in [0.5, 0.6) is 5.75 Å². The van der Waals surface area contributed by atoms with E-state index >= 15 is 0 Å². The SMILES string of the molecule is [CH2]CCCCCCCOCCCCOc1ccccc1. The molecule has 0 aliphatic rings. The third kappa shape index (κ3) is 9.85. The third-order valence-corrected chi connectivity index (χ3v) is 3.23. The summed E-state index contributed by atoms with van der Waals surface area (Å²) in [6.07, 6.45) is 9.59. The number of para-hydroxylation sites is 1. The second kappa shape index (κ2) is 13.0. The smallest absolute Gasteiger partial charge is 0.119 e. The van der Waals surface area contributed by atoms with Crippen LogP contribution in [-0.4, -0.2) is 19.8 Å².